The van der Waals surface area contributed by atoms with Gasteiger partial charge in [-0.15, -0.1) is 0 Å². The number of rotatable bonds is 5. The Bertz CT molecular complexity index is 966. The lowest BCUT2D eigenvalue weighted by atomic mass is 10.1. The molecule has 0 aliphatic carbocycles. The van der Waals surface area contributed by atoms with Crippen molar-refractivity contribution in [3.63, 3.8) is 0 Å². The second-order valence-electron chi connectivity index (χ2n) is 6.83. The second kappa shape index (κ2) is 8.79. The number of nitrogens with one attached hydrogen (secondary N) is 1. The van der Waals surface area contributed by atoms with Crippen LogP contribution in [0.15, 0.2) is 60.2 Å². The lowest BCUT2D eigenvalue weighted by Crippen LogP contribution is -2.42. The van der Waals surface area contributed by atoms with Gasteiger partial charge in [-0.1, -0.05) is 30.3 Å². The van der Waals surface area contributed by atoms with Gasteiger partial charge in [-0.3, -0.25) is 19.8 Å². The number of benzene rings is 2. The number of nitrogens with zero attached hydrogens (tertiary/aromatic N) is 2. The van der Waals surface area contributed by atoms with Crippen molar-refractivity contribution in [1.82, 2.24) is 10.3 Å². The molecule has 30 heavy (non-hydrogen) atoms. The van der Waals surface area contributed by atoms with E-state index in [4.69, 9.17) is 9.47 Å². The summed E-state index contributed by atoms with van der Waals surface area (Å²) in [5, 5.41) is 1.23. The monoisotopic (exact) mass is 407 g/mol. The highest BCUT2D eigenvalue weighted by molar-refractivity contribution is 6.31. The fourth-order valence-electron chi connectivity index (χ4n) is 3.19. The van der Waals surface area contributed by atoms with Crippen molar-refractivity contribution in [3.05, 3.63) is 65.7 Å². The van der Waals surface area contributed by atoms with E-state index in [9.17, 15) is 14.4 Å². The van der Waals surface area contributed by atoms with Gasteiger partial charge < -0.3 is 14.4 Å². The number of carbonyl (C=O) groups is 3. The lowest BCUT2D eigenvalue weighted by molar-refractivity contribution is -0.137. The quantitative estimate of drug-likeness (QED) is 0.598. The largest absolute Gasteiger partial charge is 0.484 e. The van der Waals surface area contributed by atoms with E-state index in [1.54, 1.807) is 53.4 Å². The third-order valence-corrected chi connectivity index (χ3v) is 4.82. The average Bonchev–Trinajstić information content (AvgIpc) is 3.08. The minimum absolute atomic E-state index is 0.0483. The van der Waals surface area contributed by atoms with Crippen molar-refractivity contribution in [2.75, 3.05) is 37.9 Å². The van der Waals surface area contributed by atoms with E-state index in [-0.39, 0.29) is 18.1 Å². The number of hydrazine groups is 1. The maximum absolute atomic E-state index is 12.6. The second-order valence-corrected chi connectivity index (χ2v) is 6.83. The fraction of sp³-hybridized carbons (Fsp3) is 0.227. The first kappa shape index (κ1) is 19.7. The standard InChI is InChI=1S/C22H21N3O5/c26-20(24-10-12-29-13-11-24)15-30-18-8-6-16(7-9-18)14-19-21(27)23-25(22(19)28)17-4-2-1-3-5-17/h1-9,14H,10-13,15H2,(H,23,27)/b19-14-. The Morgan fingerprint density at radius 1 is 1.03 bits per heavy atom. The van der Waals surface area contributed by atoms with Crippen LogP contribution in [-0.2, 0) is 19.1 Å². The molecule has 8 nitrogen and oxygen atoms in total. The minimum Gasteiger partial charge on any atom is -0.484 e. The van der Waals surface area contributed by atoms with Crippen LogP contribution in [-0.4, -0.2) is 55.5 Å². The average molecular weight is 407 g/mol. The summed E-state index contributed by atoms with van der Waals surface area (Å²) in [7, 11) is 0. The minimum atomic E-state index is -0.458. The highest BCUT2D eigenvalue weighted by Crippen LogP contribution is 2.22. The van der Waals surface area contributed by atoms with Crippen LogP contribution in [0.25, 0.3) is 6.08 Å². The van der Waals surface area contributed by atoms with Crippen molar-refractivity contribution in [2.45, 2.75) is 0 Å². The highest BCUT2D eigenvalue weighted by Gasteiger charge is 2.34. The summed E-state index contributed by atoms with van der Waals surface area (Å²) in [6.07, 6.45) is 1.53. The van der Waals surface area contributed by atoms with Crippen molar-refractivity contribution in [3.8, 4) is 5.75 Å². The molecule has 3 amide bonds. The molecule has 2 aromatic rings. The zero-order valence-corrected chi connectivity index (χ0v) is 16.2. The van der Waals surface area contributed by atoms with Gasteiger partial charge in [0.05, 0.1) is 18.9 Å². The van der Waals surface area contributed by atoms with E-state index < -0.39 is 11.8 Å². The van der Waals surface area contributed by atoms with Gasteiger partial charge in [0.15, 0.2) is 6.61 Å². The Morgan fingerprint density at radius 2 is 1.73 bits per heavy atom. The summed E-state index contributed by atoms with van der Waals surface area (Å²) in [4.78, 5) is 38.7. The first-order valence-electron chi connectivity index (χ1n) is 9.62. The first-order valence-corrected chi connectivity index (χ1v) is 9.62. The van der Waals surface area contributed by atoms with E-state index in [0.717, 1.165) is 0 Å². The molecule has 2 fully saturated rings. The van der Waals surface area contributed by atoms with Crippen molar-refractivity contribution >= 4 is 29.5 Å². The van der Waals surface area contributed by atoms with Gasteiger partial charge >= 0.3 is 0 Å². The Labute approximate surface area is 173 Å². The highest BCUT2D eigenvalue weighted by atomic mass is 16.5. The third-order valence-electron chi connectivity index (χ3n) is 4.82. The molecule has 2 aliphatic rings. The summed E-state index contributed by atoms with van der Waals surface area (Å²) in [5.74, 6) is -0.423. The summed E-state index contributed by atoms with van der Waals surface area (Å²) in [5.41, 5.74) is 3.88. The maximum atomic E-state index is 12.6. The number of hydrogen-bond donors (Lipinski definition) is 1. The molecule has 0 spiro atoms. The summed E-state index contributed by atoms with van der Waals surface area (Å²) < 4.78 is 10.8. The Balaban J connectivity index is 1.39. The molecular weight excluding hydrogens is 386 g/mol. The van der Waals surface area contributed by atoms with Crippen LogP contribution in [0.5, 0.6) is 5.75 Å². The predicted octanol–water partition coefficient (Wildman–Crippen LogP) is 1.39. The zero-order valence-electron chi connectivity index (χ0n) is 16.2. The van der Waals surface area contributed by atoms with Crippen LogP contribution in [0.4, 0.5) is 5.69 Å². The predicted molar refractivity (Wildman–Crippen MR) is 109 cm³/mol. The van der Waals surface area contributed by atoms with Crippen molar-refractivity contribution in [2.24, 2.45) is 0 Å². The molecule has 0 saturated carbocycles. The SMILES string of the molecule is O=C1NN(c2ccccc2)C(=O)/C1=C\c1ccc(OCC(=O)N2CCOCC2)cc1. The van der Waals surface area contributed by atoms with Gasteiger partial charge in [0.25, 0.3) is 17.7 Å². The maximum Gasteiger partial charge on any atom is 0.282 e. The molecule has 0 aromatic heterocycles. The van der Waals surface area contributed by atoms with E-state index in [2.05, 4.69) is 5.43 Å². The van der Waals surface area contributed by atoms with Gasteiger partial charge in [-0.2, -0.15) is 0 Å². The van der Waals surface area contributed by atoms with Crippen LogP contribution in [0.1, 0.15) is 5.56 Å². The van der Waals surface area contributed by atoms with Crippen LogP contribution >= 0.6 is 0 Å². The molecule has 2 heterocycles. The molecule has 2 aliphatic heterocycles. The number of para-hydroxylation sites is 1. The topological polar surface area (TPSA) is 88.2 Å². The molecule has 0 bridgehead atoms. The third kappa shape index (κ3) is 4.33. The number of hydrogen-bond acceptors (Lipinski definition) is 5. The molecule has 1 N–H and O–H groups in total. The van der Waals surface area contributed by atoms with E-state index >= 15 is 0 Å². The van der Waals surface area contributed by atoms with Gasteiger partial charge in [-0.25, -0.2) is 5.01 Å². The van der Waals surface area contributed by atoms with E-state index in [0.29, 0.717) is 43.3 Å². The smallest absolute Gasteiger partial charge is 0.282 e. The summed E-state index contributed by atoms with van der Waals surface area (Å²) in [6.45, 7) is 2.19. The van der Waals surface area contributed by atoms with E-state index in [1.165, 1.54) is 11.1 Å². The number of amides is 3. The molecule has 4 rings (SSSR count). The molecule has 0 atom stereocenters. The molecule has 8 heteroatoms. The van der Waals surface area contributed by atoms with E-state index in [1.807, 2.05) is 6.07 Å². The van der Waals surface area contributed by atoms with Gasteiger partial charge in [0, 0.05) is 13.1 Å². The van der Waals surface area contributed by atoms with Crippen LogP contribution in [0.3, 0.4) is 0 Å². The molecule has 0 radical (unpaired) electrons. The van der Waals surface area contributed by atoms with Crippen LogP contribution in [0, 0.1) is 0 Å². The number of carbonyl (C=O) groups excluding carboxylic acids is 3. The zero-order chi connectivity index (χ0) is 20.9. The van der Waals surface area contributed by atoms with Crippen molar-refractivity contribution < 1.29 is 23.9 Å². The van der Waals surface area contributed by atoms with Crippen molar-refractivity contribution in [1.29, 1.82) is 0 Å². The first-order chi connectivity index (χ1) is 14.6. The normalized spacial score (nSPS) is 17.9. The fourth-order valence-corrected chi connectivity index (χ4v) is 3.19. The molecule has 2 aromatic carbocycles. The molecule has 154 valence electrons. The Morgan fingerprint density at radius 3 is 2.43 bits per heavy atom. The van der Waals surface area contributed by atoms with Crippen LogP contribution in [0.2, 0.25) is 0 Å². The summed E-state index contributed by atoms with van der Waals surface area (Å²) >= 11 is 0. The molecule has 0 unspecified atom stereocenters. The number of morpholine rings is 1. The van der Waals surface area contributed by atoms with Gasteiger partial charge in [0.1, 0.15) is 11.3 Å². The molecular formula is C22H21N3O5. The van der Waals surface area contributed by atoms with Gasteiger partial charge in [-0.05, 0) is 35.9 Å². The van der Waals surface area contributed by atoms with Crippen LogP contribution < -0.4 is 15.2 Å². The molecule has 2 saturated heterocycles. The Hall–Kier alpha value is -3.65. The number of ether oxygens (including phenoxy) is 2. The lowest BCUT2D eigenvalue weighted by Gasteiger charge is -2.26. The Kier molecular flexibility index (Phi) is 5.76. The summed E-state index contributed by atoms with van der Waals surface area (Å²) in [6, 6.07) is 15.8. The number of anilines is 1. The van der Waals surface area contributed by atoms with Gasteiger partial charge in [0.2, 0.25) is 0 Å².